The molecule has 2 atom stereocenters. The topological polar surface area (TPSA) is 60.5 Å². The lowest BCUT2D eigenvalue weighted by molar-refractivity contribution is -0.142. The molecule has 3 aromatic rings. The molecule has 0 bridgehead atoms. The van der Waals surface area contributed by atoms with Crippen molar-refractivity contribution < 1.29 is 14.3 Å². The largest absolute Gasteiger partial charge is 0.488 e. The van der Waals surface area contributed by atoms with Crippen molar-refractivity contribution in [1.29, 1.82) is 0 Å². The maximum absolute atomic E-state index is 11.8. The summed E-state index contributed by atoms with van der Waals surface area (Å²) in [7, 11) is 1.40. The van der Waals surface area contributed by atoms with E-state index in [1.165, 1.54) is 7.11 Å². The second-order valence-electron chi connectivity index (χ2n) is 7.26. The Balaban J connectivity index is 0.00000256. The highest BCUT2D eigenvalue weighted by Crippen LogP contribution is 2.33. The molecule has 0 aliphatic carbocycles. The van der Waals surface area contributed by atoms with Crippen LogP contribution >= 0.6 is 12.4 Å². The van der Waals surface area contributed by atoms with Crippen LogP contribution in [-0.4, -0.2) is 36.8 Å². The quantitative estimate of drug-likeness (QED) is 0.608. The second-order valence-corrected chi connectivity index (χ2v) is 7.26. The molecule has 0 saturated carbocycles. The molecule has 0 radical (unpaired) electrons. The van der Waals surface area contributed by atoms with Gasteiger partial charge >= 0.3 is 5.97 Å². The predicted octanol–water partition coefficient (Wildman–Crippen LogP) is 4.56. The zero-order chi connectivity index (χ0) is 20.4. The van der Waals surface area contributed by atoms with Gasteiger partial charge in [0, 0.05) is 30.0 Å². The molecule has 1 aliphatic rings. The monoisotopic (exact) mass is 424 g/mol. The van der Waals surface area contributed by atoms with E-state index in [0.29, 0.717) is 13.0 Å². The first-order valence-electron chi connectivity index (χ1n) is 9.70. The van der Waals surface area contributed by atoms with Crippen LogP contribution in [0.3, 0.4) is 0 Å². The van der Waals surface area contributed by atoms with Gasteiger partial charge in [-0.2, -0.15) is 0 Å². The lowest BCUT2D eigenvalue weighted by atomic mass is 10.0. The molecular formula is C24H25ClN2O3. The third-order valence-corrected chi connectivity index (χ3v) is 5.32. The molecule has 1 saturated heterocycles. The summed E-state index contributed by atoms with van der Waals surface area (Å²) < 4.78 is 11.2. The molecule has 0 unspecified atom stereocenters. The minimum atomic E-state index is -0.335. The molecule has 1 aromatic heterocycles. The van der Waals surface area contributed by atoms with Gasteiger partial charge in [0.1, 0.15) is 17.9 Å². The number of rotatable bonds is 5. The number of halogens is 1. The van der Waals surface area contributed by atoms with Crippen molar-refractivity contribution in [3.05, 3.63) is 66.2 Å². The Morgan fingerprint density at radius 1 is 1.23 bits per heavy atom. The van der Waals surface area contributed by atoms with E-state index in [1.807, 2.05) is 42.5 Å². The van der Waals surface area contributed by atoms with Crippen LogP contribution in [0.4, 0.5) is 0 Å². The number of benzene rings is 2. The summed E-state index contributed by atoms with van der Waals surface area (Å²) in [5.41, 5.74) is 4.92. The van der Waals surface area contributed by atoms with E-state index in [1.54, 1.807) is 0 Å². The van der Waals surface area contributed by atoms with Gasteiger partial charge < -0.3 is 14.8 Å². The number of pyridine rings is 1. The number of ether oxygens (including phenoxy) is 2. The first-order chi connectivity index (χ1) is 14.1. The molecule has 4 rings (SSSR count). The molecule has 0 amide bonds. The summed E-state index contributed by atoms with van der Waals surface area (Å²) in [6.07, 6.45) is 2.28. The summed E-state index contributed by atoms with van der Waals surface area (Å²) in [6.45, 7) is 6.55. The smallest absolute Gasteiger partial charge is 0.323 e. The molecular weight excluding hydrogens is 400 g/mol. The highest BCUT2D eigenvalue weighted by atomic mass is 35.5. The molecule has 156 valence electrons. The van der Waals surface area contributed by atoms with E-state index in [-0.39, 0.29) is 30.5 Å². The minimum absolute atomic E-state index is 0. The van der Waals surface area contributed by atoms with Crippen molar-refractivity contribution in [3.8, 4) is 17.0 Å². The maximum Gasteiger partial charge on any atom is 0.323 e. The van der Waals surface area contributed by atoms with Crippen molar-refractivity contribution in [2.75, 3.05) is 13.7 Å². The molecule has 2 heterocycles. The fourth-order valence-electron chi connectivity index (χ4n) is 3.73. The van der Waals surface area contributed by atoms with Crippen LogP contribution in [0.1, 0.15) is 17.5 Å². The Morgan fingerprint density at radius 2 is 2.00 bits per heavy atom. The van der Waals surface area contributed by atoms with Gasteiger partial charge in [-0.3, -0.25) is 4.79 Å². The summed E-state index contributed by atoms with van der Waals surface area (Å²) in [4.78, 5) is 16.7. The highest BCUT2D eigenvalue weighted by molar-refractivity contribution is 5.90. The number of esters is 1. The fourth-order valence-corrected chi connectivity index (χ4v) is 3.73. The summed E-state index contributed by atoms with van der Waals surface area (Å²) >= 11 is 0. The number of aromatic nitrogens is 1. The molecule has 6 heteroatoms. The third kappa shape index (κ3) is 4.32. The Labute approximate surface area is 182 Å². The summed E-state index contributed by atoms with van der Waals surface area (Å²) in [6, 6.07) is 15.8. The highest BCUT2D eigenvalue weighted by Gasteiger charge is 2.31. The Kier molecular flexibility index (Phi) is 6.75. The van der Waals surface area contributed by atoms with Crippen LogP contribution in [0, 0.1) is 6.92 Å². The normalized spacial score (nSPS) is 17.9. The van der Waals surface area contributed by atoms with Gasteiger partial charge in [0.25, 0.3) is 0 Å². The van der Waals surface area contributed by atoms with E-state index in [9.17, 15) is 4.79 Å². The van der Waals surface area contributed by atoms with Crippen LogP contribution < -0.4 is 10.1 Å². The van der Waals surface area contributed by atoms with Crippen LogP contribution in [0.2, 0.25) is 0 Å². The van der Waals surface area contributed by atoms with E-state index < -0.39 is 0 Å². The van der Waals surface area contributed by atoms with Gasteiger partial charge in [0.2, 0.25) is 0 Å². The van der Waals surface area contributed by atoms with E-state index in [0.717, 1.165) is 39.0 Å². The van der Waals surface area contributed by atoms with Crippen molar-refractivity contribution in [1.82, 2.24) is 10.3 Å². The summed E-state index contributed by atoms with van der Waals surface area (Å²) in [5, 5.41) is 4.11. The molecule has 2 aromatic carbocycles. The summed E-state index contributed by atoms with van der Waals surface area (Å²) in [5.74, 6) is 0.500. The van der Waals surface area contributed by atoms with Gasteiger partial charge in [-0.05, 0) is 30.2 Å². The second kappa shape index (κ2) is 9.28. The van der Waals surface area contributed by atoms with Gasteiger partial charge in [-0.15, -0.1) is 12.4 Å². The number of hydrogen-bond donors (Lipinski definition) is 1. The van der Waals surface area contributed by atoms with Crippen LogP contribution in [-0.2, 0) is 9.53 Å². The number of carbonyl (C=O) groups excluding carboxylic acids is 1. The van der Waals surface area contributed by atoms with Gasteiger partial charge in [-0.25, -0.2) is 4.98 Å². The number of nitrogens with one attached hydrogen (secondary N) is 1. The Hall–Kier alpha value is -2.89. The van der Waals surface area contributed by atoms with E-state index in [4.69, 9.17) is 14.5 Å². The minimum Gasteiger partial charge on any atom is -0.488 e. The average molecular weight is 425 g/mol. The molecule has 1 aliphatic heterocycles. The van der Waals surface area contributed by atoms with Crippen molar-refractivity contribution >= 4 is 35.4 Å². The number of methoxy groups -OCH3 is 1. The van der Waals surface area contributed by atoms with E-state index >= 15 is 0 Å². The number of fused-ring (bicyclic) bond motifs is 1. The molecule has 5 nitrogen and oxygen atoms in total. The van der Waals surface area contributed by atoms with Crippen LogP contribution in [0.15, 0.2) is 55.1 Å². The zero-order valence-electron chi connectivity index (χ0n) is 17.1. The predicted molar refractivity (Wildman–Crippen MR) is 122 cm³/mol. The van der Waals surface area contributed by atoms with Crippen molar-refractivity contribution in [2.45, 2.75) is 25.5 Å². The molecule has 0 spiro atoms. The number of carbonyl (C=O) groups is 1. The van der Waals surface area contributed by atoms with Gasteiger partial charge in [-0.1, -0.05) is 43.0 Å². The third-order valence-electron chi connectivity index (χ3n) is 5.32. The average Bonchev–Trinajstić information content (AvgIpc) is 3.21. The van der Waals surface area contributed by atoms with Crippen molar-refractivity contribution in [2.24, 2.45) is 0 Å². The first kappa shape index (κ1) is 21.8. The number of aryl methyl sites for hydroxylation is 1. The lowest BCUT2D eigenvalue weighted by Gasteiger charge is -2.17. The SMILES string of the molecule is C=Cc1cc2c(O[C@H]3CN[C@H](C(=O)OC)C3)cc(-c3ccccc3)nc2cc1C.Cl. The lowest BCUT2D eigenvalue weighted by Crippen LogP contribution is -2.31. The zero-order valence-corrected chi connectivity index (χ0v) is 17.9. The van der Waals surface area contributed by atoms with Crippen molar-refractivity contribution in [3.63, 3.8) is 0 Å². The molecule has 1 N–H and O–H groups in total. The number of hydrogen-bond acceptors (Lipinski definition) is 5. The van der Waals surface area contributed by atoms with E-state index in [2.05, 4.69) is 31.0 Å². The van der Waals surface area contributed by atoms with Crippen LogP contribution in [0.25, 0.3) is 28.2 Å². The maximum atomic E-state index is 11.8. The van der Waals surface area contributed by atoms with Gasteiger partial charge in [0.05, 0.1) is 18.3 Å². The fraction of sp³-hybridized carbons (Fsp3) is 0.250. The van der Waals surface area contributed by atoms with Crippen LogP contribution in [0.5, 0.6) is 5.75 Å². The Morgan fingerprint density at radius 3 is 2.70 bits per heavy atom. The first-order valence-corrected chi connectivity index (χ1v) is 9.70. The molecule has 1 fully saturated rings. The standard InChI is InChI=1S/C24H24N2O3.ClH/c1-4-16-11-19-21(10-15(16)2)26-20(17-8-6-5-7-9-17)13-23(19)29-18-12-22(25-14-18)24(27)28-3;/h4-11,13,18,22,25H,1,12,14H2,2-3H3;1H/t18-,22+;/m1./s1. The molecule has 30 heavy (non-hydrogen) atoms. The Bertz CT molecular complexity index is 1070. The number of nitrogens with zero attached hydrogens (tertiary/aromatic N) is 1. The van der Waals surface area contributed by atoms with Gasteiger partial charge in [0.15, 0.2) is 0 Å².